The maximum absolute atomic E-state index is 13.6. The molecule has 0 aliphatic heterocycles. The molecule has 1 heterocycles. The summed E-state index contributed by atoms with van der Waals surface area (Å²) in [4.78, 5) is 7.77. The van der Waals surface area contributed by atoms with Gasteiger partial charge in [-0.3, -0.25) is 0 Å². The Labute approximate surface area is 109 Å². The van der Waals surface area contributed by atoms with Crippen molar-refractivity contribution in [1.29, 1.82) is 0 Å². The van der Waals surface area contributed by atoms with Crippen molar-refractivity contribution in [3.05, 3.63) is 41.6 Å². The number of rotatable bonds is 4. The van der Waals surface area contributed by atoms with E-state index in [0.717, 1.165) is 6.20 Å². The van der Waals surface area contributed by atoms with E-state index >= 15 is 0 Å². The van der Waals surface area contributed by atoms with Gasteiger partial charge in [0, 0.05) is 12.2 Å². The minimum Gasteiger partial charge on any atom is -0.354 e. The number of nitrogens with one attached hydrogen (secondary N) is 2. The van der Waals surface area contributed by atoms with Crippen LogP contribution in [0, 0.1) is 18.6 Å². The van der Waals surface area contributed by atoms with Crippen molar-refractivity contribution in [3.8, 4) is 0 Å². The number of hydrogen-bond donors (Lipinski definition) is 2. The van der Waals surface area contributed by atoms with Gasteiger partial charge in [0.25, 0.3) is 0 Å². The molecule has 2 rings (SSSR count). The summed E-state index contributed by atoms with van der Waals surface area (Å²) in [5.74, 6) is -0.623. The third kappa shape index (κ3) is 3.15. The Balaban J connectivity index is 2.26. The number of aryl methyl sites for hydroxylation is 1. The first-order valence-electron chi connectivity index (χ1n) is 5.89. The van der Waals surface area contributed by atoms with Gasteiger partial charge in [-0.05, 0) is 31.5 Å². The molecule has 2 N–H and O–H groups in total. The monoisotopic (exact) mass is 264 g/mol. The average molecular weight is 264 g/mol. The van der Waals surface area contributed by atoms with Gasteiger partial charge in [-0.25, -0.2) is 13.8 Å². The summed E-state index contributed by atoms with van der Waals surface area (Å²) in [5.41, 5.74) is 0.963. The third-order valence-electron chi connectivity index (χ3n) is 2.51. The molecule has 0 atom stereocenters. The maximum atomic E-state index is 13.6. The molecule has 0 spiro atoms. The highest BCUT2D eigenvalue weighted by molar-refractivity contribution is 5.58. The molecule has 0 saturated carbocycles. The van der Waals surface area contributed by atoms with Gasteiger partial charge in [-0.15, -0.1) is 0 Å². The largest absolute Gasteiger partial charge is 0.354 e. The molecule has 0 saturated heterocycles. The number of aromatic nitrogens is 2. The highest BCUT2D eigenvalue weighted by Gasteiger charge is 2.08. The maximum Gasteiger partial charge on any atom is 0.224 e. The van der Waals surface area contributed by atoms with E-state index in [9.17, 15) is 8.78 Å². The van der Waals surface area contributed by atoms with E-state index in [1.807, 2.05) is 6.92 Å². The summed E-state index contributed by atoms with van der Waals surface area (Å²) in [5, 5.41) is 5.61. The first kappa shape index (κ1) is 13.2. The fourth-order valence-corrected chi connectivity index (χ4v) is 1.51. The van der Waals surface area contributed by atoms with Crippen LogP contribution in [0.4, 0.5) is 26.2 Å². The normalized spacial score (nSPS) is 10.3. The van der Waals surface area contributed by atoms with Gasteiger partial charge in [0.15, 0.2) is 11.6 Å². The standard InChI is InChI=1S/C13H14F2N4/c1-3-16-13-17-7-11(15)12(19-13)18-9-5-4-8(2)10(14)6-9/h4-7H,3H2,1-2H3,(H2,16,17,18,19). The lowest BCUT2D eigenvalue weighted by Crippen LogP contribution is -2.06. The van der Waals surface area contributed by atoms with Crippen LogP contribution >= 0.6 is 0 Å². The molecule has 0 aliphatic carbocycles. The Hall–Kier alpha value is -2.24. The fraction of sp³-hybridized carbons (Fsp3) is 0.231. The molecule has 100 valence electrons. The quantitative estimate of drug-likeness (QED) is 0.890. The second-order valence-electron chi connectivity index (χ2n) is 4.01. The highest BCUT2D eigenvalue weighted by Crippen LogP contribution is 2.20. The summed E-state index contributed by atoms with van der Waals surface area (Å²) in [6, 6.07) is 4.57. The summed E-state index contributed by atoms with van der Waals surface area (Å²) in [6.07, 6.45) is 1.07. The average Bonchev–Trinajstić information content (AvgIpc) is 2.38. The predicted octanol–water partition coefficient (Wildman–Crippen LogP) is 3.24. The van der Waals surface area contributed by atoms with Gasteiger partial charge in [-0.2, -0.15) is 4.98 Å². The summed E-state index contributed by atoms with van der Waals surface area (Å²) >= 11 is 0. The second-order valence-corrected chi connectivity index (χ2v) is 4.01. The van der Waals surface area contributed by atoms with Crippen LogP contribution in [-0.4, -0.2) is 16.5 Å². The Bertz CT molecular complexity index is 587. The molecular formula is C13H14F2N4. The molecule has 0 bridgehead atoms. The number of anilines is 3. The molecule has 0 amide bonds. The van der Waals surface area contributed by atoms with Crippen molar-refractivity contribution in [3.63, 3.8) is 0 Å². The Morgan fingerprint density at radius 1 is 1.21 bits per heavy atom. The van der Waals surface area contributed by atoms with Gasteiger partial charge in [0.2, 0.25) is 5.95 Å². The first-order chi connectivity index (χ1) is 9.10. The van der Waals surface area contributed by atoms with Crippen molar-refractivity contribution in [2.75, 3.05) is 17.2 Å². The molecule has 1 aromatic carbocycles. The summed E-state index contributed by atoms with van der Waals surface area (Å²) < 4.78 is 27.0. The van der Waals surface area contributed by atoms with Crippen molar-refractivity contribution in [2.24, 2.45) is 0 Å². The Kier molecular flexibility index (Phi) is 3.89. The van der Waals surface area contributed by atoms with Crippen LogP contribution in [0.25, 0.3) is 0 Å². The highest BCUT2D eigenvalue weighted by atomic mass is 19.1. The Morgan fingerprint density at radius 3 is 2.68 bits per heavy atom. The van der Waals surface area contributed by atoms with E-state index in [2.05, 4.69) is 20.6 Å². The van der Waals surface area contributed by atoms with E-state index in [4.69, 9.17) is 0 Å². The molecule has 0 radical (unpaired) electrons. The minimum atomic E-state index is -0.595. The zero-order valence-corrected chi connectivity index (χ0v) is 10.7. The molecule has 4 nitrogen and oxygen atoms in total. The molecule has 2 aromatic rings. The number of hydrogen-bond acceptors (Lipinski definition) is 4. The van der Waals surface area contributed by atoms with Gasteiger partial charge < -0.3 is 10.6 Å². The van der Waals surface area contributed by atoms with Gasteiger partial charge in [0.1, 0.15) is 5.82 Å². The van der Waals surface area contributed by atoms with E-state index in [-0.39, 0.29) is 11.6 Å². The lowest BCUT2D eigenvalue weighted by molar-refractivity contribution is 0.616. The lowest BCUT2D eigenvalue weighted by atomic mass is 10.2. The van der Waals surface area contributed by atoms with E-state index in [1.165, 1.54) is 6.07 Å². The van der Waals surface area contributed by atoms with Crippen LogP contribution < -0.4 is 10.6 Å². The zero-order valence-electron chi connectivity index (χ0n) is 10.7. The number of benzene rings is 1. The summed E-state index contributed by atoms with van der Waals surface area (Å²) in [6.45, 7) is 4.17. The van der Waals surface area contributed by atoms with Crippen molar-refractivity contribution in [2.45, 2.75) is 13.8 Å². The molecule has 0 aliphatic rings. The van der Waals surface area contributed by atoms with Crippen LogP contribution in [0.3, 0.4) is 0 Å². The van der Waals surface area contributed by atoms with Crippen LogP contribution in [0.15, 0.2) is 24.4 Å². The van der Waals surface area contributed by atoms with Gasteiger partial charge in [-0.1, -0.05) is 6.07 Å². The number of halogens is 2. The molecular weight excluding hydrogens is 250 g/mol. The summed E-state index contributed by atoms with van der Waals surface area (Å²) in [7, 11) is 0. The fourth-order valence-electron chi connectivity index (χ4n) is 1.51. The van der Waals surface area contributed by atoms with Gasteiger partial charge in [0.05, 0.1) is 6.20 Å². The van der Waals surface area contributed by atoms with E-state index < -0.39 is 5.82 Å². The molecule has 0 fully saturated rings. The first-order valence-corrected chi connectivity index (χ1v) is 5.89. The van der Waals surface area contributed by atoms with Crippen LogP contribution in [-0.2, 0) is 0 Å². The Morgan fingerprint density at radius 2 is 2.00 bits per heavy atom. The third-order valence-corrected chi connectivity index (χ3v) is 2.51. The molecule has 1 aromatic heterocycles. The van der Waals surface area contributed by atoms with Crippen molar-refractivity contribution in [1.82, 2.24) is 9.97 Å². The van der Waals surface area contributed by atoms with Crippen LogP contribution in [0.2, 0.25) is 0 Å². The van der Waals surface area contributed by atoms with Crippen LogP contribution in [0.1, 0.15) is 12.5 Å². The van der Waals surface area contributed by atoms with E-state index in [0.29, 0.717) is 23.7 Å². The molecule has 19 heavy (non-hydrogen) atoms. The minimum absolute atomic E-state index is 0.00852. The van der Waals surface area contributed by atoms with Crippen molar-refractivity contribution < 1.29 is 8.78 Å². The van der Waals surface area contributed by atoms with Gasteiger partial charge >= 0.3 is 0 Å². The van der Waals surface area contributed by atoms with Crippen molar-refractivity contribution >= 4 is 17.5 Å². The second kappa shape index (κ2) is 5.60. The smallest absolute Gasteiger partial charge is 0.224 e. The van der Waals surface area contributed by atoms with E-state index in [1.54, 1.807) is 19.1 Å². The number of nitrogens with zero attached hydrogens (tertiary/aromatic N) is 2. The lowest BCUT2D eigenvalue weighted by Gasteiger charge is -2.09. The zero-order chi connectivity index (χ0) is 13.8. The van der Waals surface area contributed by atoms with Crippen LogP contribution in [0.5, 0.6) is 0 Å². The SMILES string of the molecule is CCNc1ncc(F)c(Nc2ccc(C)c(F)c2)n1. The topological polar surface area (TPSA) is 49.8 Å². The predicted molar refractivity (Wildman–Crippen MR) is 70.6 cm³/mol. The molecule has 0 unspecified atom stereocenters. The molecule has 6 heteroatoms.